The normalized spacial score (nSPS) is 13.2. The molecule has 0 aliphatic heterocycles. The third kappa shape index (κ3) is 5.73. The molecule has 0 heterocycles. The van der Waals surface area contributed by atoms with Crippen molar-refractivity contribution < 1.29 is 27.9 Å². The van der Waals surface area contributed by atoms with Crippen molar-refractivity contribution in [3.8, 4) is 11.1 Å². The van der Waals surface area contributed by atoms with Gasteiger partial charge in [-0.05, 0) is 41.8 Å². The summed E-state index contributed by atoms with van der Waals surface area (Å²) in [6.45, 7) is 1.21. The van der Waals surface area contributed by atoms with E-state index in [0.717, 1.165) is 29.3 Å². The van der Waals surface area contributed by atoms with E-state index in [2.05, 4.69) is 10.6 Å². The SMILES string of the molecule is CC(O)(CNC(=O)C(=O)Nc1cccc(C(F)(F)F)c1)c1ccc(-c2ccccc2)cc1. The number of rotatable bonds is 5. The lowest BCUT2D eigenvalue weighted by atomic mass is 9.93. The Balaban J connectivity index is 1.60. The average molecular weight is 442 g/mol. The fourth-order valence-corrected chi connectivity index (χ4v) is 3.05. The van der Waals surface area contributed by atoms with Crippen LogP contribution in [0.2, 0.25) is 0 Å². The molecule has 2 amide bonds. The van der Waals surface area contributed by atoms with Crippen molar-refractivity contribution in [2.45, 2.75) is 18.7 Å². The van der Waals surface area contributed by atoms with E-state index in [0.29, 0.717) is 5.56 Å². The number of carbonyl (C=O) groups excluding carboxylic acids is 2. The minimum absolute atomic E-state index is 0.164. The quantitative estimate of drug-likeness (QED) is 0.515. The van der Waals surface area contributed by atoms with Gasteiger partial charge in [0.05, 0.1) is 12.1 Å². The highest BCUT2D eigenvalue weighted by atomic mass is 19.4. The minimum Gasteiger partial charge on any atom is -0.384 e. The van der Waals surface area contributed by atoms with Crippen LogP contribution in [-0.4, -0.2) is 23.5 Å². The standard InChI is InChI=1S/C24H21F3N2O3/c1-23(32,18-12-10-17(11-13-18)16-6-3-2-4-7-16)15-28-21(30)22(31)29-20-9-5-8-19(14-20)24(25,26)27/h2-14,32H,15H2,1H3,(H,28,30)(H,29,31). The van der Waals surface area contributed by atoms with E-state index in [9.17, 15) is 27.9 Å². The fourth-order valence-electron chi connectivity index (χ4n) is 3.05. The predicted octanol–water partition coefficient (Wildman–Crippen LogP) is 4.33. The molecule has 0 fully saturated rings. The summed E-state index contributed by atoms with van der Waals surface area (Å²) in [6.07, 6.45) is -4.57. The second kappa shape index (κ2) is 9.23. The summed E-state index contributed by atoms with van der Waals surface area (Å²) in [5.41, 5.74) is -0.0917. The first-order valence-electron chi connectivity index (χ1n) is 9.71. The number of amides is 2. The highest BCUT2D eigenvalue weighted by Gasteiger charge is 2.31. The fraction of sp³-hybridized carbons (Fsp3) is 0.167. The Bertz CT molecular complexity index is 1100. The molecule has 3 N–H and O–H groups in total. The van der Waals surface area contributed by atoms with Gasteiger partial charge in [-0.15, -0.1) is 0 Å². The van der Waals surface area contributed by atoms with Crippen LogP contribution in [0.5, 0.6) is 0 Å². The van der Waals surface area contributed by atoms with Crippen molar-refractivity contribution in [3.05, 3.63) is 90.0 Å². The van der Waals surface area contributed by atoms with Crippen LogP contribution in [-0.2, 0) is 21.4 Å². The average Bonchev–Trinajstić information content (AvgIpc) is 2.78. The van der Waals surface area contributed by atoms with Crippen LogP contribution in [0, 0.1) is 0 Å². The second-order valence-electron chi connectivity index (χ2n) is 7.43. The lowest BCUT2D eigenvalue weighted by Crippen LogP contribution is -2.43. The summed E-state index contributed by atoms with van der Waals surface area (Å²) < 4.78 is 38.3. The predicted molar refractivity (Wildman–Crippen MR) is 115 cm³/mol. The molecule has 0 saturated heterocycles. The van der Waals surface area contributed by atoms with Gasteiger partial charge in [0.1, 0.15) is 5.60 Å². The smallest absolute Gasteiger partial charge is 0.384 e. The highest BCUT2D eigenvalue weighted by molar-refractivity contribution is 6.39. The zero-order valence-corrected chi connectivity index (χ0v) is 17.1. The van der Waals surface area contributed by atoms with Crippen molar-refractivity contribution in [1.82, 2.24) is 5.32 Å². The molecule has 8 heteroatoms. The zero-order valence-electron chi connectivity index (χ0n) is 17.1. The monoisotopic (exact) mass is 442 g/mol. The topological polar surface area (TPSA) is 78.4 Å². The molecule has 1 atom stereocenters. The molecule has 0 bridgehead atoms. The molecular weight excluding hydrogens is 421 g/mol. The van der Waals surface area contributed by atoms with E-state index in [1.807, 2.05) is 42.5 Å². The van der Waals surface area contributed by atoms with Gasteiger partial charge < -0.3 is 15.7 Å². The first-order valence-corrected chi connectivity index (χ1v) is 9.71. The van der Waals surface area contributed by atoms with Crippen molar-refractivity contribution in [1.29, 1.82) is 0 Å². The lowest BCUT2D eigenvalue weighted by Gasteiger charge is -2.24. The molecule has 32 heavy (non-hydrogen) atoms. The van der Waals surface area contributed by atoms with E-state index in [1.165, 1.54) is 13.0 Å². The Morgan fingerprint density at radius 1 is 0.812 bits per heavy atom. The summed E-state index contributed by atoms with van der Waals surface area (Å²) in [6, 6.07) is 20.7. The van der Waals surface area contributed by atoms with E-state index in [4.69, 9.17) is 0 Å². The molecule has 166 valence electrons. The number of hydrogen-bond acceptors (Lipinski definition) is 3. The van der Waals surface area contributed by atoms with Gasteiger partial charge in [0.15, 0.2) is 0 Å². The molecule has 0 saturated carbocycles. The van der Waals surface area contributed by atoms with Crippen LogP contribution in [0.15, 0.2) is 78.9 Å². The zero-order chi connectivity index (χ0) is 23.4. The van der Waals surface area contributed by atoms with Gasteiger partial charge in [-0.1, -0.05) is 60.7 Å². The van der Waals surface area contributed by atoms with E-state index < -0.39 is 29.2 Å². The van der Waals surface area contributed by atoms with Crippen molar-refractivity contribution in [2.75, 3.05) is 11.9 Å². The number of hydrogen-bond donors (Lipinski definition) is 3. The summed E-state index contributed by atoms with van der Waals surface area (Å²) in [4.78, 5) is 24.1. The van der Waals surface area contributed by atoms with Crippen molar-refractivity contribution >= 4 is 17.5 Å². The molecule has 1 unspecified atom stereocenters. The van der Waals surface area contributed by atoms with Crippen molar-refractivity contribution in [3.63, 3.8) is 0 Å². The Kier molecular flexibility index (Phi) is 6.64. The Morgan fingerprint density at radius 3 is 2.06 bits per heavy atom. The Labute approximate surface area is 182 Å². The molecule has 0 aliphatic carbocycles. The van der Waals surface area contributed by atoms with Crippen LogP contribution in [0.4, 0.5) is 18.9 Å². The van der Waals surface area contributed by atoms with E-state index >= 15 is 0 Å². The maximum atomic E-state index is 12.8. The molecule has 5 nitrogen and oxygen atoms in total. The largest absolute Gasteiger partial charge is 0.416 e. The first-order chi connectivity index (χ1) is 15.1. The summed E-state index contributed by atoms with van der Waals surface area (Å²) in [5.74, 6) is -2.22. The molecule has 0 spiro atoms. The van der Waals surface area contributed by atoms with Crippen LogP contribution in [0.1, 0.15) is 18.1 Å². The first kappa shape index (κ1) is 23.0. The van der Waals surface area contributed by atoms with Crippen molar-refractivity contribution in [2.24, 2.45) is 0 Å². The number of carbonyl (C=O) groups is 2. The summed E-state index contributed by atoms with van der Waals surface area (Å²) in [5, 5.41) is 15.2. The Morgan fingerprint density at radius 2 is 1.44 bits per heavy atom. The number of halogens is 3. The van der Waals surface area contributed by atoms with Gasteiger partial charge in [-0.3, -0.25) is 9.59 Å². The van der Waals surface area contributed by atoms with E-state index in [-0.39, 0.29) is 12.2 Å². The number of benzene rings is 3. The third-order valence-corrected chi connectivity index (χ3v) is 4.86. The van der Waals surface area contributed by atoms with Gasteiger partial charge in [-0.25, -0.2) is 0 Å². The molecule has 0 radical (unpaired) electrons. The summed E-state index contributed by atoms with van der Waals surface area (Å²) in [7, 11) is 0. The van der Waals surface area contributed by atoms with Crippen LogP contribution in [0.25, 0.3) is 11.1 Å². The third-order valence-electron chi connectivity index (χ3n) is 4.86. The molecule has 3 rings (SSSR count). The highest BCUT2D eigenvalue weighted by Crippen LogP contribution is 2.30. The molecule has 3 aromatic carbocycles. The van der Waals surface area contributed by atoms with Gasteiger partial charge in [-0.2, -0.15) is 13.2 Å². The number of aliphatic hydroxyl groups is 1. The number of alkyl halides is 3. The maximum absolute atomic E-state index is 12.8. The van der Waals surface area contributed by atoms with Gasteiger partial charge in [0, 0.05) is 5.69 Å². The van der Waals surface area contributed by atoms with Crippen LogP contribution >= 0.6 is 0 Å². The van der Waals surface area contributed by atoms with Gasteiger partial charge in [0.25, 0.3) is 0 Å². The van der Waals surface area contributed by atoms with Gasteiger partial charge in [0.2, 0.25) is 0 Å². The van der Waals surface area contributed by atoms with Gasteiger partial charge >= 0.3 is 18.0 Å². The molecule has 0 aliphatic rings. The van der Waals surface area contributed by atoms with Crippen LogP contribution < -0.4 is 10.6 Å². The van der Waals surface area contributed by atoms with Crippen LogP contribution in [0.3, 0.4) is 0 Å². The molecular formula is C24H21F3N2O3. The number of nitrogens with one attached hydrogen (secondary N) is 2. The Hall–Kier alpha value is -3.65. The molecule has 3 aromatic rings. The maximum Gasteiger partial charge on any atom is 0.416 e. The minimum atomic E-state index is -4.57. The van der Waals surface area contributed by atoms with E-state index in [1.54, 1.807) is 12.1 Å². The number of anilines is 1. The summed E-state index contributed by atoms with van der Waals surface area (Å²) >= 11 is 0. The lowest BCUT2D eigenvalue weighted by molar-refractivity contribution is -0.137. The molecule has 0 aromatic heterocycles. The second-order valence-corrected chi connectivity index (χ2v) is 7.43.